The van der Waals surface area contributed by atoms with E-state index in [2.05, 4.69) is 42.5 Å². The van der Waals surface area contributed by atoms with Gasteiger partial charge in [-0.3, -0.25) is 0 Å². The number of imidazole rings is 1. The third kappa shape index (κ3) is 1.61. The molecule has 0 saturated carbocycles. The number of nitrogens with two attached hydrogens (primary N) is 1. The van der Waals surface area contributed by atoms with Crippen molar-refractivity contribution in [2.75, 3.05) is 0 Å². The van der Waals surface area contributed by atoms with Gasteiger partial charge in [-0.05, 0) is 17.0 Å². The maximum atomic E-state index is 5.69. The number of para-hydroxylation sites is 1. The second-order valence-electron chi connectivity index (χ2n) is 5.21. The highest BCUT2D eigenvalue weighted by Crippen LogP contribution is 2.29. The van der Waals surface area contributed by atoms with Crippen molar-refractivity contribution >= 4 is 11.0 Å². The minimum absolute atomic E-state index is 0.124. The van der Waals surface area contributed by atoms with Crippen LogP contribution in [0.5, 0.6) is 0 Å². The minimum Gasteiger partial charge on any atom is -0.330 e. The van der Waals surface area contributed by atoms with Crippen molar-refractivity contribution in [1.82, 2.24) is 9.55 Å². The SMILES string of the molecule is Cn1c(CN)nc2cccc(C(C)(C)C)c21. The van der Waals surface area contributed by atoms with E-state index in [9.17, 15) is 0 Å². The fourth-order valence-electron chi connectivity index (χ4n) is 2.10. The first-order valence-corrected chi connectivity index (χ1v) is 5.60. The van der Waals surface area contributed by atoms with Gasteiger partial charge in [0.2, 0.25) is 0 Å². The van der Waals surface area contributed by atoms with Crippen LogP contribution < -0.4 is 5.73 Å². The number of benzene rings is 1. The van der Waals surface area contributed by atoms with E-state index in [4.69, 9.17) is 5.73 Å². The van der Waals surface area contributed by atoms with Gasteiger partial charge in [0.05, 0.1) is 17.6 Å². The molecule has 0 saturated heterocycles. The van der Waals surface area contributed by atoms with Crippen molar-refractivity contribution in [2.24, 2.45) is 12.8 Å². The van der Waals surface area contributed by atoms with Crippen LogP contribution in [-0.2, 0) is 19.0 Å². The van der Waals surface area contributed by atoms with Crippen LogP contribution in [-0.4, -0.2) is 9.55 Å². The predicted molar refractivity (Wildman–Crippen MR) is 67.3 cm³/mol. The first-order chi connectivity index (χ1) is 7.45. The molecule has 0 fully saturated rings. The van der Waals surface area contributed by atoms with Gasteiger partial charge in [-0.2, -0.15) is 0 Å². The van der Waals surface area contributed by atoms with Crippen molar-refractivity contribution in [3.05, 3.63) is 29.6 Å². The summed E-state index contributed by atoms with van der Waals surface area (Å²) in [5.74, 6) is 0.937. The molecule has 86 valence electrons. The lowest BCUT2D eigenvalue weighted by Crippen LogP contribution is -2.13. The quantitative estimate of drug-likeness (QED) is 0.796. The monoisotopic (exact) mass is 217 g/mol. The van der Waals surface area contributed by atoms with E-state index >= 15 is 0 Å². The van der Waals surface area contributed by atoms with Gasteiger partial charge in [0.1, 0.15) is 5.82 Å². The van der Waals surface area contributed by atoms with Crippen molar-refractivity contribution in [2.45, 2.75) is 32.7 Å². The van der Waals surface area contributed by atoms with Crippen LogP contribution in [0.2, 0.25) is 0 Å². The molecule has 2 N–H and O–H groups in total. The lowest BCUT2D eigenvalue weighted by atomic mass is 9.86. The number of aromatic nitrogens is 2. The Morgan fingerprint density at radius 2 is 2.00 bits per heavy atom. The zero-order valence-electron chi connectivity index (χ0n) is 10.4. The van der Waals surface area contributed by atoms with E-state index in [0.717, 1.165) is 11.3 Å². The van der Waals surface area contributed by atoms with E-state index in [1.165, 1.54) is 11.1 Å². The fraction of sp³-hybridized carbons (Fsp3) is 0.462. The predicted octanol–water partition coefficient (Wildman–Crippen LogP) is 2.33. The minimum atomic E-state index is 0.124. The number of nitrogens with zero attached hydrogens (tertiary/aromatic N) is 2. The molecule has 0 aliphatic heterocycles. The summed E-state index contributed by atoms with van der Waals surface area (Å²) < 4.78 is 2.11. The van der Waals surface area contributed by atoms with E-state index < -0.39 is 0 Å². The summed E-state index contributed by atoms with van der Waals surface area (Å²) in [6, 6.07) is 6.28. The zero-order chi connectivity index (χ0) is 11.9. The highest BCUT2D eigenvalue weighted by molar-refractivity contribution is 5.80. The summed E-state index contributed by atoms with van der Waals surface area (Å²) in [5, 5.41) is 0. The summed E-state index contributed by atoms with van der Waals surface area (Å²) in [6.07, 6.45) is 0. The fourth-order valence-corrected chi connectivity index (χ4v) is 2.10. The third-order valence-corrected chi connectivity index (χ3v) is 2.98. The second kappa shape index (κ2) is 3.59. The Balaban J connectivity index is 2.81. The van der Waals surface area contributed by atoms with E-state index in [-0.39, 0.29) is 5.41 Å². The summed E-state index contributed by atoms with van der Waals surface area (Å²) in [5.41, 5.74) is 9.38. The standard InChI is InChI=1S/C13H19N3/c1-13(2,3)9-6-5-7-10-12(9)16(4)11(8-14)15-10/h5-7H,8,14H2,1-4H3. The number of hydrogen-bond acceptors (Lipinski definition) is 2. The van der Waals surface area contributed by atoms with E-state index in [0.29, 0.717) is 6.54 Å². The molecular weight excluding hydrogens is 198 g/mol. The molecule has 0 atom stereocenters. The average Bonchev–Trinajstić information content (AvgIpc) is 2.54. The molecule has 0 unspecified atom stereocenters. The van der Waals surface area contributed by atoms with Gasteiger partial charge >= 0.3 is 0 Å². The molecule has 3 heteroatoms. The number of hydrogen-bond donors (Lipinski definition) is 1. The highest BCUT2D eigenvalue weighted by Gasteiger charge is 2.19. The maximum absolute atomic E-state index is 5.69. The average molecular weight is 217 g/mol. The Morgan fingerprint density at radius 3 is 2.56 bits per heavy atom. The molecule has 3 nitrogen and oxygen atoms in total. The largest absolute Gasteiger partial charge is 0.330 e. The molecule has 2 rings (SSSR count). The summed E-state index contributed by atoms with van der Waals surface area (Å²) in [6.45, 7) is 7.14. The molecule has 1 heterocycles. The van der Waals surface area contributed by atoms with Crippen LogP contribution in [0.25, 0.3) is 11.0 Å². The topological polar surface area (TPSA) is 43.8 Å². The number of aryl methyl sites for hydroxylation is 1. The molecule has 0 aliphatic carbocycles. The first kappa shape index (κ1) is 11.1. The molecular formula is C13H19N3. The van der Waals surface area contributed by atoms with Crippen LogP contribution in [0, 0.1) is 0 Å². The first-order valence-electron chi connectivity index (χ1n) is 5.60. The molecule has 0 amide bonds. The normalized spacial score (nSPS) is 12.3. The third-order valence-electron chi connectivity index (χ3n) is 2.98. The number of fused-ring (bicyclic) bond motifs is 1. The van der Waals surface area contributed by atoms with Crippen molar-refractivity contribution in [3.63, 3.8) is 0 Å². The Bertz CT molecular complexity index is 518. The highest BCUT2D eigenvalue weighted by atomic mass is 15.1. The Morgan fingerprint density at radius 1 is 1.31 bits per heavy atom. The molecule has 0 radical (unpaired) electrons. The summed E-state index contributed by atoms with van der Waals surface area (Å²) in [4.78, 5) is 4.54. The van der Waals surface area contributed by atoms with Crippen LogP contribution in [0.3, 0.4) is 0 Å². The summed E-state index contributed by atoms with van der Waals surface area (Å²) in [7, 11) is 2.03. The molecule has 0 bridgehead atoms. The van der Waals surface area contributed by atoms with Crippen LogP contribution in [0.1, 0.15) is 32.2 Å². The van der Waals surface area contributed by atoms with Gasteiger partial charge in [0.25, 0.3) is 0 Å². The van der Waals surface area contributed by atoms with Gasteiger partial charge < -0.3 is 10.3 Å². The molecule has 1 aromatic carbocycles. The zero-order valence-corrected chi connectivity index (χ0v) is 10.4. The van der Waals surface area contributed by atoms with Crippen LogP contribution in [0.4, 0.5) is 0 Å². The maximum Gasteiger partial charge on any atom is 0.123 e. The molecule has 1 aromatic heterocycles. The van der Waals surface area contributed by atoms with Gasteiger partial charge in [-0.25, -0.2) is 4.98 Å². The summed E-state index contributed by atoms with van der Waals surface area (Å²) >= 11 is 0. The molecule has 16 heavy (non-hydrogen) atoms. The van der Waals surface area contributed by atoms with Crippen LogP contribution >= 0.6 is 0 Å². The molecule has 0 spiro atoms. The lowest BCUT2D eigenvalue weighted by molar-refractivity contribution is 0.592. The van der Waals surface area contributed by atoms with Crippen LogP contribution in [0.15, 0.2) is 18.2 Å². The van der Waals surface area contributed by atoms with Crippen molar-refractivity contribution in [1.29, 1.82) is 0 Å². The second-order valence-corrected chi connectivity index (χ2v) is 5.21. The molecule has 2 aromatic rings. The van der Waals surface area contributed by atoms with Crippen molar-refractivity contribution < 1.29 is 0 Å². The van der Waals surface area contributed by atoms with Crippen molar-refractivity contribution in [3.8, 4) is 0 Å². The van der Waals surface area contributed by atoms with Gasteiger partial charge in [-0.15, -0.1) is 0 Å². The lowest BCUT2D eigenvalue weighted by Gasteiger charge is -2.20. The van der Waals surface area contributed by atoms with E-state index in [1.54, 1.807) is 0 Å². The Labute approximate surface area is 96.3 Å². The smallest absolute Gasteiger partial charge is 0.123 e. The Kier molecular flexibility index (Phi) is 2.50. The van der Waals surface area contributed by atoms with E-state index in [1.807, 2.05) is 13.1 Å². The molecule has 0 aliphatic rings. The van der Waals surface area contributed by atoms with Gasteiger partial charge in [0.15, 0.2) is 0 Å². The van der Waals surface area contributed by atoms with Gasteiger partial charge in [0, 0.05) is 7.05 Å². The number of rotatable bonds is 1. The van der Waals surface area contributed by atoms with Gasteiger partial charge in [-0.1, -0.05) is 32.9 Å². The Hall–Kier alpha value is -1.35.